The molecule has 1 saturated heterocycles. The summed E-state index contributed by atoms with van der Waals surface area (Å²) >= 11 is 0. The SMILES string of the molecule is Cc1nc(-c2ccn[nH]2)cc([C@@H]2CCCN(S(C)(=O)=O)C2)n1. The number of aryl methyl sites for hydroxylation is 1. The summed E-state index contributed by atoms with van der Waals surface area (Å²) in [5.41, 5.74) is 2.52. The van der Waals surface area contributed by atoms with Crippen molar-refractivity contribution in [1.29, 1.82) is 0 Å². The maximum absolute atomic E-state index is 11.8. The zero-order valence-corrected chi connectivity index (χ0v) is 13.5. The van der Waals surface area contributed by atoms with Crippen LogP contribution in [-0.2, 0) is 10.0 Å². The summed E-state index contributed by atoms with van der Waals surface area (Å²) in [6, 6.07) is 3.78. The molecule has 1 atom stereocenters. The molecule has 3 rings (SSSR count). The van der Waals surface area contributed by atoms with E-state index in [2.05, 4.69) is 20.2 Å². The number of aromatic amines is 1. The van der Waals surface area contributed by atoms with Gasteiger partial charge in [-0.1, -0.05) is 0 Å². The first-order chi connectivity index (χ1) is 10.4. The van der Waals surface area contributed by atoms with E-state index in [4.69, 9.17) is 0 Å². The van der Waals surface area contributed by atoms with Gasteiger partial charge in [-0.2, -0.15) is 5.10 Å². The molecule has 0 bridgehead atoms. The zero-order chi connectivity index (χ0) is 15.7. The Morgan fingerprint density at radius 1 is 1.36 bits per heavy atom. The smallest absolute Gasteiger partial charge is 0.211 e. The van der Waals surface area contributed by atoms with Gasteiger partial charge in [-0.25, -0.2) is 22.7 Å². The molecule has 0 radical (unpaired) electrons. The Bertz CT molecular complexity index is 758. The average molecular weight is 321 g/mol. The van der Waals surface area contributed by atoms with Crippen LogP contribution in [0.15, 0.2) is 18.3 Å². The molecule has 0 unspecified atom stereocenters. The molecule has 0 amide bonds. The third-order valence-corrected chi connectivity index (χ3v) is 5.18. The molecule has 1 fully saturated rings. The number of rotatable bonds is 3. The summed E-state index contributed by atoms with van der Waals surface area (Å²) < 4.78 is 25.1. The molecule has 1 aliphatic heterocycles. The van der Waals surface area contributed by atoms with Gasteiger partial charge in [0.1, 0.15) is 5.82 Å². The van der Waals surface area contributed by atoms with Gasteiger partial charge in [0.25, 0.3) is 0 Å². The number of nitrogens with one attached hydrogen (secondary N) is 1. The van der Waals surface area contributed by atoms with Crippen LogP contribution in [0.3, 0.4) is 0 Å². The van der Waals surface area contributed by atoms with Crippen LogP contribution < -0.4 is 0 Å². The molecule has 0 saturated carbocycles. The summed E-state index contributed by atoms with van der Waals surface area (Å²) in [6.07, 6.45) is 4.72. The number of H-pyrrole nitrogens is 1. The Balaban J connectivity index is 1.91. The fourth-order valence-corrected chi connectivity index (χ4v) is 3.73. The third kappa shape index (κ3) is 3.17. The lowest BCUT2D eigenvalue weighted by molar-refractivity contribution is 0.314. The van der Waals surface area contributed by atoms with E-state index in [9.17, 15) is 8.42 Å². The van der Waals surface area contributed by atoms with Crippen LogP contribution in [-0.4, -0.2) is 52.2 Å². The number of sulfonamides is 1. The zero-order valence-electron chi connectivity index (χ0n) is 12.7. The quantitative estimate of drug-likeness (QED) is 0.920. The van der Waals surface area contributed by atoms with Crippen molar-refractivity contribution >= 4 is 10.0 Å². The van der Waals surface area contributed by atoms with E-state index in [1.165, 1.54) is 10.6 Å². The van der Waals surface area contributed by atoms with Gasteiger partial charge in [0.05, 0.1) is 17.6 Å². The van der Waals surface area contributed by atoms with Gasteiger partial charge in [0, 0.05) is 30.9 Å². The second-order valence-corrected chi connectivity index (χ2v) is 7.64. The number of nitrogens with zero attached hydrogens (tertiary/aromatic N) is 4. The lowest BCUT2D eigenvalue weighted by Gasteiger charge is -2.30. The number of aromatic nitrogens is 4. The minimum atomic E-state index is -3.16. The molecule has 0 aliphatic carbocycles. The molecule has 2 aromatic heterocycles. The minimum absolute atomic E-state index is 0.104. The predicted molar refractivity (Wildman–Crippen MR) is 82.7 cm³/mol. The van der Waals surface area contributed by atoms with E-state index in [-0.39, 0.29) is 5.92 Å². The molecule has 2 aromatic rings. The fraction of sp³-hybridized carbons (Fsp3) is 0.500. The van der Waals surface area contributed by atoms with Crippen LogP contribution >= 0.6 is 0 Å². The lowest BCUT2D eigenvalue weighted by atomic mass is 9.95. The van der Waals surface area contributed by atoms with Crippen molar-refractivity contribution in [3.8, 4) is 11.4 Å². The van der Waals surface area contributed by atoms with Crippen molar-refractivity contribution in [3.63, 3.8) is 0 Å². The highest BCUT2D eigenvalue weighted by Gasteiger charge is 2.28. The molecular weight excluding hydrogens is 302 g/mol. The number of hydrogen-bond acceptors (Lipinski definition) is 5. The first-order valence-electron chi connectivity index (χ1n) is 7.24. The maximum atomic E-state index is 11.8. The second kappa shape index (κ2) is 5.77. The summed E-state index contributed by atoms with van der Waals surface area (Å²) in [5.74, 6) is 0.783. The summed E-state index contributed by atoms with van der Waals surface area (Å²) in [4.78, 5) is 8.94. The Morgan fingerprint density at radius 3 is 2.86 bits per heavy atom. The standard InChI is InChI=1S/C14H19N5O2S/c1-10-16-13(8-14(17-10)12-5-6-15-18-12)11-4-3-7-19(9-11)22(2,20)21/h5-6,8,11H,3-4,7,9H2,1-2H3,(H,15,18)/t11-/m1/s1. The summed E-state index contributed by atoms with van der Waals surface area (Å²) in [7, 11) is -3.16. The number of hydrogen-bond donors (Lipinski definition) is 1. The van der Waals surface area contributed by atoms with Crippen molar-refractivity contribution in [2.45, 2.75) is 25.7 Å². The Kier molecular flexibility index (Phi) is 3.96. The van der Waals surface area contributed by atoms with Crippen molar-refractivity contribution in [3.05, 3.63) is 29.8 Å². The van der Waals surface area contributed by atoms with Crippen molar-refractivity contribution in [2.75, 3.05) is 19.3 Å². The molecule has 22 heavy (non-hydrogen) atoms. The van der Waals surface area contributed by atoms with E-state index in [0.29, 0.717) is 18.9 Å². The largest absolute Gasteiger partial charge is 0.276 e. The molecule has 8 heteroatoms. The fourth-order valence-electron chi connectivity index (χ4n) is 2.82. The van der Waals surface area contributed by atoms with E-state index in [0.717, 1.165) is 29.9 Å². The van der Waals surface area contributed by atoms with Crippen LogP contribution in [0, 0.1) is 6.92 Å². The molecule has 3 heterocycles. The van der Waals surface area contributed by atoms with E-state index < -0.39 is 10.0 Å². The minimum Gasteiger partial charge on any atom is -0.276 e. The van der Waals surface area contributed by atoms with Crippen LogP contribution in [0.1, 0.15) is 30.3 Å². The molecule has 0 spiro atoms. The van der Waals surface area contributed by atoms with Gasteiger partial charge in [-0.15, -0.1) is 0 Å². The van der Waals surface area contributed by atoms with Crippen LogP contribution in [0.2, 0.25) is 0 Å². The van der Waals surface area contributed by atoms with E-state index in [1.54, 1.807) is 6.20 Å². The molecule has 118 valence electrons. The maximum Gasteiger partial charge on any atom is 0.211 e. The van der Waals surface area contributed by atoms with Gasteiger partial charge in [-0.05, 0) is 31.9 Å². The number of piperidine rings is 1. The Labute approximate surface area is 129 Å². The topological polar surface area (TPSA) is 91.8 Å². The first kappa shape index (κ1) is 15.1. The lowest BCUT2D eigenvalue weighted by Crippen LogP contribution is -2.38. The van der Waals surface area contributed by atoms with Gasteiger partial charge in [0.15, 0.2) is 0 Å². The molecule has 7 nitrogen and oxygen atoms in total. The molecule has 1 N–H and O–H groups in total. The predicted octanol–water partition coefficient (Wildman–Crippen LogP) is 1.31. The van der Waals surface area contributed by atoms with Gasteiger partial charge < -0.3 is 0 Å². The van der Waals surface area contributed by atoms with Crippen LogP contribution in [0.25, 0.3) is 11.4 Å². The van der Waals surface area contributed by atoms with Crippen molar-refractivity contribution in [1.82, 2.24) is 24.5 Å². The van der Waals surface area contributed by atoms with Crippen LogP contribution in [0.5, 0.6) is 0 Å². The highest BCUT2D eigenvalue weighted by Crippen LogP contribution is 2.28. The van der Waals surface area contributed by atoms with Crippen molar-refractivity contribution in [2.24, 2.45) is 0 Å². The van der Waals surface area contributed by atoms with Crippen molar-refractivity contribution < 1.29 is 8.42 Å². The van der Waals surface area contributed by atoms with Gasteiger partial charge >= 0.3 is 0 Å². The summed E-state index contributed by atoms with van der Waals surface area (Å²) in [5, 5.41) is 6.84. The molecule has 0 aromatic carbocycles. The molecule has 1 aliphatic rings. The summed E-state index contributed by atoms with van der Waals surface area (Å²) in [6.45, 7) is 2.92. The second-order valence-electron chi connectivity index (χ2n) is 5.66. The first-order valence-corrected chi connectivity index (χ1v) is 9.09. The van der Waals surface area contributed by atoms with Gasteiger partial charge in [0.2, 0.25) is 10.0 Å². The average Bonchev–Trinajstić information content (AvgIpc) is 3.00. The van der Waals surface area contributed by atoms with E-state index in [1.807, 2.05) is 19.1 Å². The normalized spacial score (nSPS) is 20.2. The van der Waals surface area contributed by atoms with Crippen LogP contribution in [0.4, 0.5) is 0 Å². The Hall–Kier alpha value is -1.80. The monoisotopic (exact) mass is 321 g/mol. The third-order valence-electron chi connectivity index (χ3n) is 3.91. The molecular formula is C14H19N5O2S. The highest BCUT2D eigenvalue weighted by molar-refractivity contribution is 7.88. The van der Waals surface area contributed by atoms with Gasteiger partial charge in [-0.3, -0.25) is 5.10 Å². The Morgan fingerprint density at radius 2 is 2.18 bits per heavy atom. The highest BCUT2D eigenvalue weighted by atomic mass is 32.2. The van der Waals surface area contributed by atoms with E-state index >= 15 is 0 Å².